The summed E-state index contributed by atoms with van der Waals surface area (Å²) in [5.74, 6) is 6.22. The Morgan fingerprint density at radius 1 is 1.00 bits per heavy atom. The molecule has 1 amide bonds. The first-order valence-electron chi connectivity index (χ1n) is 11.2. The van der Waals surface area contributed by atoms with E-state index < -0.39 is 21.8 Å². The van der Waals surface area contributed by atoms with Crippen LogP contribution in [-0.4, -0.2) is 24.5 Å². The number of nitrogens with two attached hydrogens (primary N) is 1. The first-order valence-corrected chi connectivity index (χ1v) is 12.8. The normalized spacial score (nSPS) is 20.7. The number of ether oxygens (including phenoxy) is 2. The van der Waals surface area contributed by atoms with E-state index in [4.69, 9.17) is 20.6 Å². The zero-order valence-corrected chi connectivity index (χ0v) is 19.6. The van der Waals surface area contributed by atoms with E-state index in [1.165, 1.54) is 0 Å². The molecule has 0 spiro atoms. The number of nitriles is 1. The van der Waals surface area contributed by atoms with Gasteiger partial charge < -0.3 is 9.47 Å². The van der Waals surface area contributed by atoms with Gasteiger partial charge in [-0.05, 0) is 66.4 Å². The Kier molecular flexibility index (Phi) is 5.93. The number of hydrogen-bond acceptors (Lipinski definition) is 7. The molecule has 1 fully saturated rings. The maximum Gasteiger partial charge on any atom is 0.251 e. The number of fused-ring (bicyclic) bond motifs is 1. The van der Waals surface area contributed by atoms with Crippen molar-refractivity contribution in [3.8, 4) is 23.3 Å². The molecule has 8 nitrogen and oxygen atoms in total. The molecule has 178 valence electrons. The van der Waals surface area contributed by atoms with Gasteiger partial charge in [0.25, 0.3) is 15.9 Å². The lowest BCUT2D eigenvalue weighted by molar-refractivity contribution is -0.127. The number of rotatable bonds is 5. The van der Waals surface area contributed by atoms with Crippen LogP contribution in [0.15, 0.2) is 66.7 Å². The second-order valence-electron chi connectivity index (χ2n) is 8.65. The molecule has 1 aliphatic heterocycles. The molecular weight excluding hydrogens is 466 g/mol. The van der Waals surface area contributed by atoms with Gasteiger partial charge in [0.2, 0.25) is 0 Å². The van der Waals surface area contributed by atoms with Crippen molar-refractivity contribution >= 4 is 15.9 Å². The van der Waals surface area contributed by atoms with Gasteiger partial charge in [0, 0.05) is 17.9 Å². The fraction of sp³-hybridized carbons (Fsp3) is 0.231. The largest absolute Gasteiger partial charge is 0.486 e. The third-order valence-electron chi connectivity index (χ3n) is 6.39. The average Bonchev–Trinajstić information content (AvgIpc) is 3.27. The second kappa shape index (κ2) is 9.06. The van der Waals surface area contributed by atoms with E-state index in [1.807, 2.05) is 18.2 Å². The number of sulfonamides is 1. The summed E-state index contributed by atoms with van der Waals surface area (Å²) in [6.45, 7) is 0. The Labute approximate surface area is 203 Å². The van der Waals surface area contributed by atoms with Crippen LogP contribution >= 0.6 is 0 Å². The highest BCUT2D eigenvalue weighted by atomic mass is 32.2. The standard InChI is InChI=1S/C26H23N3O5S/c27-15-17-4-8-20(9-5-17)33-24-3-1-2-22-23(24)12-13-25(22)34-21-10-6-18(7-11-21)19-14-26(30)29(28)35(31,32)16-19/h1-11,19,25H,12-14,16,28H2/t19?,25-/m1/s1. The van der Waals surface area contributed by atoms with Crippen LogP contribution in [0.5, 0.6) is 17.2 Å². The Bertz CT molecular complexity index is 1410. The molecule has 5 rings (SSSR count). The second-order valence-corrected chi connectivity index (χ2v) is 10.5. The van der Waals surface area contributed by atoms with Gasteiger partial charge in [-0.3, -0.25) is 4.79 Å². The van der Waals surface area contributed by atoms with Gasteiger partial charge in [-0.1, -0.05) is 24.3 Å². The Hall–Kier alpha value is -3.87. The fourth-order valence-corrected chi connectivity index (χ4v) is 5.94. The van der Waals surface area contributed by atoms with Crippen LogP contribution in [0, 0.1) is 11.3 Å². The molecule has 0 aromatic heterocycles. The van der Waals surface area contributed by atoms with Gasteiger partial charge in [0.1, 0.15) is 23.4 Å². The number of carbonyl (C=O) groups is 1. The van der Waals surface area contributed by atoms with Gasteiger partial charge in [-0.2, -0.15) is 9.68 Å². The molecule has 0 bridgehead atoms. The number of benzene rings is 3. The summed E-state index contributed by atoms with van der Waals surface area (Å²) in [6, 6.07) is 22.2. The Morgan fingerprint density at radius 2 is 1.71 bits per heavy atom. The van der Waals surface area contributed by atoms with E-state index in [0.717, 1.165) is 35.3 Å². The fourth-order valence-electron chi connectivity index (χ4n) is 4.57. The lowest BCUT2D eigenvalue weighted by Gasteiger charge is -2.28. The third-order valence-corrected chi connectivity index (χ3v) is 8.02. The molecule has 1 aliphatic carbocycles. The summed E-state index contributed by atoms with van der Waals surface area (Å²) in [5, 5.41) is 8.97. The molecule has 2 aliphatic rings. The number of hydrogen-bond donors (Lipinski definition) is 1. The Balaban J connectivity index is 1.29. The summed E-state index contributed by atoms with van der Waals surface area (Å²) in [5.41, 5.74) is 3.49. The smallest absolute Gasteiger partial charge is 0.251 e. The molecule has 0 radical (unpaired) electrons. The van der Waals surface area contributed by atoms with Gasteiger partial charge in [0.05, 0.1) is 17.4 Å². The highest BCUT2D eigenvalue weighted by molar-refractivity contribution is 7.89. The lowest BCUT2D eigenvalue weighted by atomic mass is 9.97. The topological polar surface area (TPSA) is 123 Å². The molecule has 1 unspecified atom stereocenters. The minimum absolute atomic E-state index is 0.0496. The van der Waals surface area contributed by atoms with Crippen LogP contribution in [0.25, 0.3) is 0 Å². The minimum atomic E-state index is -3.80. The van der Waals surface area contributed by atoms with Crippen molar-refractivity contribution in [2.45, 2.75) is 31.3 Å². The first kappa shape index (κ1) is 22.9. The van der Waals surface area contributed by atoms with Gasteiger partial charge >= 0.3 is 0 Å². The molecular formula is C26H23N3O5S. The number of amides is 1. The molecule has 3 aromatic carbocycles. The summed E-state index contributed by atoms with van der Waals surface area (Å²) in [4.78, 5) is 12.0. The Morgan fingerprint density at radius 3 is 2.40 bits per heavy atom. The van der Waals surface area contributed by atoms with E-state index in [9.17, 15) is 13.2 Å². The van der Waals surface area contributed by atoms with Crippen molar-refractivity contribution < 1.29 is 22.7 Å². The van der Waals surface area contributed by atoms with Crippen LogP contribution in [0.1, 0.15) is 47.1 Å². The highest BCUT2D eigenvalue weighted by Gasteiger charge is 2.36. The molecule has 1 saturated heterocycles. The SMILES string of the molecule is N#Cc1ccc(Oc2cccc3c2CC[C@H]3Oc2ccc(C3CC(=O)N(N)S(=O)(=O)C3)cc2)cc1. The molecule has 0 saturated carbocycles. The summed E-state index contributed by atoms with van der Waals surface area (Å²) in [6.07, 6.45) is 1.52. The van der Waals surface area contributed by atoms with Crippen LogP contribution in [0.4, 0.5) is 0 Å². The van der Waals surface area contributed by atoms with Crippen molar-refractivity contribution in [2.75, 3.05) is 5.75 Å². The quantitative estimate of drug-likeness (QED) is 0.425. The van der Waals surface area contributed by atoms with E-state index in [2.05, 4.69) is 6.07 Å². The molecule has 2 N–H and O–H groups in total. The maximum atomic E-state index is 12.1. The zero-order chi connectivity index (χ0) is 24.6. The summed E-state index contributed by atoms with van der Waals surface area (Å²) in [7, 11) is -3.80. The summed E-state index contributed by atoms with van der Waals surface area (Å²) < 4.78 is 36.9. The highest BCUT2D eigenvalue weighted by Crippen LogP contribution is 2.41. The van der Waals surface area contributed by atoms with Crippen LogP contribution < -0.4 is 15.3 Å². The first-order chi connectivity index (χ1) is 16.8. The number of nitrogens with zero attached hydrogens (tertiary/aromatic N) is 2. The van der Waals surface area contributed by atoms with E-state index in [-0.39, 0.29) is 18.3 Å². The third kappa shape index (κ3) is 4.58. The number of carbonyl (C=O) groups excluding carboxylic acids is 1. The predicted octanol–water partition coefficient (Wildman–Crippen LogP) is 3.94. The average molecular weight is 490 g/mol. The van der Waals surface area contributed by atoms with Gasteiger partial charge in [0.15, 0.2) is 0 Å². The molecule has 9 heteroatoms. The zero-order valence-electron chi connectivity index (χ0n) is 18.8. The van der Waals surface area contributed by atoms with Crippen molar-refractivity contribution in [3.05, 3.63) is 89.0 Å². The van der Waals surface area contributed by atoms with Gasteiger partial charge in [-0.15, -0.1) is 0 Å². The maximum absolute atomic E-state index is 12.1. The van der Waals surface area contributed by atoms with Crippen LogP contribution in [0.2, 0.25) is 0 Å². The summed E-state index contributed by atoms with van der Waals surface area (Å²) >= 11 is 0. The number of hydrazine groups is 1. The molecule has 3 aromatic rings. The van der Waals surface area contributed by atoms with Gasteiger partial charge in [-0.25, -0.2) is 14.3 Å². The van der Waals surface area contributed by atoms with Crippen molar-refractivity contribution in [1.29, 1.82) is 5.26 Å². The molecule has 1 heterocycles. The molecule has 2 atom stereocenters. The lowest BCUT2D eigenvalue weighted by Crippen LogP contribution is -2.49. The van der Waals surface area contributed by atoms with Crippen molar-refractivity contribution in [3.63, 3.8) is 0 Å². The van der Waals surface area contributed by atoms with E-state index in [1.54, 1.807) is 48.5 Å². The van der Waals surface area contributed by atoms with Crippen molar-refractivity contribution in [1.82, 2.24) is 4.41 Å². The monoisotopic (exact) mass is 489 g/mol. The molecule has 35 heavy (non-hydrogen) atoms. The van der Waals surface area contributed by atoms with E-state index in [0.29, 0.717) is 21.5 Å². The van der Waals surface area contributed by atoms with E-state index >= 15 is 0 Å². The van der Waals surface area contributed by atoms with Crippen molar-refractivity contribution in [2.24, 2.45) is 5.84 Å². The van der Waals surface area contributed by atoms with Crippen LogP contribution in [-0.2, 0) is 21.2 Å². The van der Waals surface area contributed by atoms with Crippen LogP contribution in [0.3, 0.4) is 0 Å². The minimum Gasteiger partial charge on any atom is -0.486 e. The predicted molar refractivity (Wildman–Crippen MR) is 128 cm³/mol.